The third kappa shape index (κ3) is 7.76. The summed E-state index contributed by atoms with van der Waals surface area (Å²) in [6.07, 6.45) is 3.44. The molecule has 1 aromatic carbocycles. The normalized spacial score (nSPS) is 13.8. The molecule has 0 fully saturated rings. The molecule has 184 valence electrons. The molecule has 0 bridgehead atoms. The van der Waals surface area contributed by atoms with Gasteiger partial charge in [0.15, 0.2) is 6.79 Å². The molecule has 7 nitrogen and oxygen atoms in total. The van der Waals surface area contributed by atoms with Gasteiger partial charge >= 0.3 is 5.97 Å². The van der Waals surface area contributed by atoms with Crippen LogP contribution in [0.1, 0.15) is 67.6 Å². The predicted octanol–water partition coefficient (Wildman–Crippen LogP) is 5.00. The lowest BCUT2D eigenvalue weighted by atomic mass is 9.94. The molecular weight excluding hydrogens is 444 g/mol. The van der Waals surface area contributed by atoms with Crippen LogP contribution in [0.4, 0.5) is 0 Å². The Morgan fingerprint density at radius 2 is 1.85 bits per heavy atom. The molecule has 0 aromatic heterocycles. The van der Waals surface area contributed by atoms with Crippen LogP contribution in [0.3, 0.4) is 0 Å². The fourth-order valence-corrected chi connectivity index (χ4v) is 4.54. The lowest BCUT2D eigenvalue weighted by Crippen LogP contribution is -2.23. The van der Waals surface area contributed by atoms with E-state index in [1.165, 1.54) is 11.8 Å². The van der Waals surface area contributed by atoms with Crippen molar-refractivity contribution in [2.75, 3.05) is 34.2 Å². The minimum atomic E-state index is -0.494. The van der Waals surface area contributed by atoms with E-state index in [0.717, 1.165) is 22.3 Å². The van der Waals surface area contributed by atoms with Gasteiger partial charge in [-0.05, 0) is 58.6 Å². The highest BCUT2D eigenvalue weighted by molar-refractivity contribution is 8.14. The number of rotatable bonds is 12. The number of ether oxygens (including phenoxy) is 5. The van der Waals surface area contributed by atoms with E-state index in [4.69, 9.17) is 23.7 Å². The fourth-order valence-electron chi connectivity index (χ4n) is 3.54. The summed E-state index contributed by atoms with van der Waals surface area (Å²) in [5.41, 5.74) is 3.85. The van der Waals surface area contributed by atoms with Gasteiger partial charge in [-0.15, -0.1) is 0 Å². The van der Waals surface area contributed by atoms with E-state index in [-0.39, 0.29) is 17.9 Å². The molecule has 2 rings (SSSR count). The van der Waals surface area contributed by atoms with Gasteiger partial charge in [0.1, 0.15) is 17.1 Å². The van der Waals surface area contributed by atoms with Crippen LogP contribution in [0, 0.1) is 6.92 Å². The SMILES string of the molecule is COCCOCOc1c(C/C=C(\C)CCC(=O)OC(C)(C)C)c(OC)c(C)c2c1C(=O)SC2. The molecule has 0 N–H and O–H groups in total. The lowest BCUT2D eigenvalue weighted by molar-refractivity contribution is -0.154. The van der Waals surface area contributed by atoms with Crippen LogP contribution in [0.25, 0.3) is 0 Å². The Kier molecular flexibility index (Phi) is 10.3. The molecule has 0 unspecified atom stereocenters. The highest BCUT2D eigenvalue weighted by atomic mass is 32.2. The van der Waals surface area contributed by atoms with E-state index >= 15 is 0 Å². The van der Waals surface area contributed by atoms with E-state index in [1.807, 2.05) is 40.7 Å². The Balaban J connectivity index is 2.25. The number of carbonyl (C=O) groups excluding carboxylic acids is 2. The van der Waals surface area contributed by atoms with Gasteiger partial charge in [0.25, 0.3) is 0 Å². The molecule has 8 heteroatoms. The molecule has 0 spiro atoms. The van der Waals surface area contributed by atoms with Crippen molar-refractivity contribution < 1.29 is 33.3 Å². The van der Waals surface area contributed by atoms with E-state index in [1.54, 1.807) is 14.2 Å². The van der Waals surface area contributed by atoms with Crippen molar-refractivity contribution in [3.8, 4) is 11.5 Å². The van der Waals surface area contributed by atoms with Crippen molar-refractivity contribution >= 4 is 22.8 Å². The minimum Gasteiger partial charge on any atom is -0.496 e. The highest BCUT2D eigenvalue weighted by Gasteiger charge is 2.32. The Hall–Kier alpha value is -2.03. The molecule has 0 saturated heterocycles. The van der Waals surface area contributed by atoms with Crippen LogP contribution in [0.15, 0.2) is 11.6 Å². The Labute approximate surface area is 201 Å². The average Bonchev–Trinajstić information content (AvgIpc) is 3.12. The summed E-state index contributed by atoms with van der Waals surface area (Å²) in [5, 5.41) is -0.00507. The number of benzene rings is 1. The summed E-state index contributed by atoms with van der Waals surface area (Å²) >= 11 is 1.27. The summed E-state index contributed by atoms with van der Waals surface area (Å²) in [5.74, 6) is 1.60. The van der Waals surface area contributed by atoms with Crippen molar-refractivity contribution in [3.63, 3.8) is 0 Å². The number of thioether (sulfide) groups is 1. The van der Waals surface area contributed by atoms with Gasteiger partial charge in [-0.3, -0.25) is 9.59 Å². The maximum atomic E-state index is 12.7. The molecule has 0 aliphatic carbocycles. The molecule has 1 aliphatic rings. The van der Waals surface area contributed by atoms with Gasteiger partial charge in [0.2, 0.25) is 5.12 Å². The van der Waals surface area contributed by atoms with Crippen molar-refractivity contribution in [1.29, 1.82) is 0 Å². The molecule has 0 saturated carbocycles. The van der Waals surface area contributed by atoms with Crippen LogP contribution in [-0.2, 0) is 31.2 Å². The summed E-state index contributed by atoms with van der Waals surface area (Å²) in [7, 11) is 3.23. The predicted molar refractivity (Wildman–Crippen MR) is 129 cm³/mol. The first kappa shape index (κ1) is 27.2. The average molecular weight is 481 g/mol. The van der Waals surface area contributed by atoms with Crippen LogP contribution in [-0.4, -0.2) is 50.9 Å². The monoisotopic (exact) mass is 480 g/mol. The Morgan fingerprint density at radius 3 is 2.48 bits per heavy atom. The van der Waals surface area contributed by atoms with Gasteiger partial charge in [0.05, 0.1) is 25.9 Å². The van der Waals surface area contributed by atoms with Crippen molar-refractivity contribution in [2.45, 2.75) is 65.2 Å². The van der Waals surface area contributed by atoms with Crippen molar-refractivity contribution in [2.24, 2.45) is 0 Å². The number of methoxy groups -OCH3 is 2. The maximum Gasteiger partial charge on any atom is 0.306 e. The second kappa shape index (κ2) is 12.4. The molecule has 0 radical (unpaired) electrons. The first-order chi connectivity index (χ1) is 15.6. The Morgan fingerprint density at radius 1 is 1.12 bits per heavy atom. The Bertz CT molecular complexity index is 884. The smallest absolute Gasteiger partial charge is 0.306 e. The zero-order valence-electron chi connectivity index (χ0n) is 20.8. The number of esters is 1. The molecule has 33 heavy (non-hydrogen) atoms. The summed E-state index contributed by atoms with van der Waals surface area (Å²) in [6.45, 7) is 10.4. The third-order valence-corrected chi connectivity index (χ3v) is 6.04. The first-order valence-electron chi connectivity index (χ1n) is 11.0. The van der Waals surface area contributed by atoms with Gasteiger partial charge in [-0.25, -0.2) is 0 Å². The summed E-state index contributed by atoms with van der Waals surface area (Å²) < 4.78 is 27.6. The number of fused-ring (bicyclic) bond motifs is 1. The van der Waals surface area contributed by atoms with E-state index in [2.05, 4.69) is 0 Å². The molecule has 1 heterocycles. The van der Waals surface area contributed by atoms with Crippen LogP contribution in [0.2, 0.25) is 0 Å². The molecule has 1 aliphatic heterocycles. The largest absolute Gasteiger partial charge is 0.496 e. The zero-order chi connectivity index (χ0) is 24.6. The lowest BCUT2D eigenvalue weighted by Gasteiger charge is -2.20. The van der Waals surface area contributed by atoms with Crippen molar-refractivity contribution in [1.82, 2.24) is 0 Å². The first-order valence-corrected chi connectivity index (χ1v) is 12.0. The molecule has 1 aromatic rings. The number of hydrogen-bond donors (Lipinski definition) is 0. The fraction of sp³-hybridized carbons (Fsp3) is 0.600. The van der Waals surface area contributed by atoms with Crippen molar-refractivity contribution in [3.05, 3.63) is 33.9 Å². The number of allylic oxidation sites excluding steroid dienone is 2. The molecular formula is C25H36O7S. The van der Waals surface area contributed by atoms with Gasteiger partial charge < -0.3 is 23.7 Å². The van der Waals surface area contributed by atoms with Gasteiger partial charge in [-0.1, -0.05) is 23.4 Å². The summed E-state index contributed by atoms with van der Waals surface area (Å²) in [4.78, 5) is 24.7. The quantitative estimate of drug-likeness (QED) is 0.179. The molecule has 0 amide bonds. The van der Waals surface area contributed by atoms with Crippen LogP contribution >= 0.6 is 11.8 Å². The number of hydrogen-bond acceptors (Lipinski definition) is 8. The van der Waals surface area contributed by atoms with Crippen LogP contribution < -0.4 is 9.47 Å². The van der Waals surface area contributed by atoms with E-state index in [9.17, 15) is 9.59 Å². The van der Waals surface area contributed by atoms with Gasteiger partial charge in [-0.2, -0.15) is 0 Å². The second-order valence-electron chi connectivity index (χ2n) is 8.90. The summed E-state index contributed by atoms with van der Waals surface area (Å²) in [6, 6.07) is 0. The van der Waals surface area contributed by atoms with E-state index in [0.29, 0.717) is 55.3 Å². The highest BCUT2D eigenvalue weighted by Crippen LogP contribution is 2.46. The minimum absolute atomic E-state index is 0.00507. The third-order valence-electron chi connectivity index (χ3n) is 5.14. The molecule has 0 atom stereocenters. The van der Waals surface area contributed by atoms with E-state index < -0.39 is 5.60 Å². The topological polar surface area (TPSA) is 80.3 Å². The standard InChI is InChI=1S/C25H36O7S/c1-16(9-11-20(26)32-25(3,4)5)8-10-18-22(29-7)17(2)19-14-33-24(27)21(19)23(18)31-15-30-13-12-28-6/h8H,9-15H2,1-7H3/b16-8+. The second-order valence-corrected chi connectivity index (χ2v) is 9.85. The van der Waals surface area contributed by atoms with Crippen LogP contribution in [0.5, 0.6) is 11.5 Å². The number of carbonyl (C=O) groups is 2. The maximum absolute atomic E-state index is 12.7. The van der Waals surface area contributed by atoms with Gasteiger partial charge in [0, 0.05) is 24.8 Å². The zero-order valence-corrected chi connectivity index (χ0v) is 21.6.